The lowest BCUT2D eigenvalue weighted by Crippen LogP contribution is -2.13. The van der Waals surface area contributed by atoms with E-state index in [2.05, 4.69) is 56.1 Å². The van der Waals surface area contributed by atoms with Gasteiger partial charge in [-0.05, 0) is 12.0 Å². The molecule has 0 aliphatic heterocycles. The molecule has 3 heteroatoms. The summed E-state index contributed by atoms with van der Waals surface area (Å²) in [6, 6.07) is 12.7. The molecule has 19 heavy (non-hydrogen) atoms. The Kier molecular flexibility index (Phi) is 4.01. The van der Waals surface area contributed by atoms with Gasteiger partial charge in [-0.3, -0.25) is 0 Å². The van der Waals surface area contributed by atoms with Crippen LogP contribution in [0.5, 0.6) is 0 Å². The zero-order valence-electron chi connectivity index (χ0n) is 11.6. The van der Waals surface area contributed by atoms with Gasteiger partial charge in [-0.15, -0.1) is 11.3 Å². The average molecular weight is 270 g/mol. The topological polar surface area (TPSA) is 36.7 Å². The minimum absolute atomic E-state index is 0.0629. The van der Waals surface area contributed by atoms with Gasteiger partial charge in [-0.25, -0.2) is 4.98 Å². The van der Waals surface area contributed by atoms with E-state index in [1.165, 1.54) is 16.9 Å². The highest BCUT2D eigenvalue weighted by molar-refractivity contribution is 7.12. The molecule has 0 fully saturated rings. The fraction of sp³-hybridized carbons (Fsp3) is 0.375. The molecule has 2 aromatic rings. The molecule has 0 radical (unpaired) electrons. The fourth-order valence-electron chi connectivity index (χ4n) is 1.95. The Labute approximate surface area is 118 Å². The van der Waals surface area contributed by atoms with Crippen molar-refractivity contribution in [2.45, 2.75) is 39.0 Å². The standard InChI is InChI=1S/C16H18N2S/c1-16(2,3)15-13(11-17)19-14(18-15)10-9-12-7-5-4-6-8-12/h4-8H,9-10H2,1-3H3. The molecule has 1 aromatic carbocycles. The third kappa shape index (κ3) is 3.42. The van der Waals surface area contributed by atoms with Crippen molar-refractivity contribution in [1.29, 1.82) is 5.26 Å². The first-order chi connectivity index (χ1) is 9.00. The normalized spacial score (nSPS) is 11.3. The van der Waals surface area contributed by atoms with Gasteiger partial charge in [0.1, 0.15) is 10.9 Å². The molecular weight excluding hydrogens is 252 g/mol. The molecule has 0 amide bonds. The van der Waals surface area contributed by atoms with Crippen LogP contribution in [0.15, 0.2) is 30.3 Å². The van der Waals surface area contributed by atoms with Crippen LogP contribution in [0.1, 0.15) is 41.9 Å². The Hall–Kier alpha value is -1.66. The summed E-state index contributed by atoms with van der Waals surface area (Å²) in [5.41, 5.74) is 2.18. The summed E-state index contributed by atoms with van der Waals surface area (Å²) in [6.07, 6.45) is 1.88. The van der Waals surface area contributed by atoms with Crippen LogP contribution in [0, 0.1) is 11.3 Å². The van der Waals surface area contributed by atoms with Crippen molar-refractivity contribution in [1.82, 2.24) is 4.98 Å². The lowest BCUT2D eigenvalue weighted by Gasteiger charge is -2.15. The molecular formula is C16H18N2S. The molecule has 0 saturated heterocycles. The number of nitriles is 1. The first kappa shape index (κ1) is 13.8. The van der Waals surface area contributed by atoms with Crippen molar-refractivity contribution >= 4 is 11.3 Å². The number of aryl methyl sites for hydroxylation is 2. The van der Waals surface area contributed by atoms with Gasteiger partial charge in [-0.1, -0.05) is 51.1 Å². The maximum Gasteiger partial charge on any atom is 0.128 e. The molecule has 2 nitrogen and oxygen atoms in total. The molecule has 1 aromatic heterocycles. The van der Waals surface area contributed by atoms with Crippen LogP contribution in [-0.4, -0.2) is 4.98 Å². The second-order valence-electron chi connectivity index (χ2n) is 5.63. The molecule has 98 valence electrons. The number of aromatic nitrogens is 1. The van der Waals surface area contributed by atoms with Crippen LogP contribution in [0.2, 0.25) is 0 Å². The number of thiazole rings is 1. The number of benzene rings is 1. The van der Waals surface area contributed by atoms with E-state index >= 15 is 0 Å². The third-order valence-corrected chi connectivity index (χ3v) is 3.97. The Morgan fingerprint density at radius 1 is 1.16 bits per heavy atom. The summed E-state index contributed by atoms with van der Waals surface area (Å²) in [5, 5.41) is 10.3. The van der Waals surface area contributed by atoms with Crippen LogP contribution in [0.4, 0.5) is 0 Å². The smallest absolute Gasteiger partial charge is 0.128 e. The van der Waals surface area contributed by atoms with E-state index < -0.39 is 0 Å². The molecule has 1 heterocycles. The second-order valence-corrected chi connectivity index (χ2v) is 6.72. The number of hydrogen-bond acceptors (Lipinski definition) is 3. The number of nitrogens with zero attached hydrogens (tertiary/aromatic N) is 2. The summed E-state index contributed by atoms with van der Waals surface area (Å²) in [6.45, 7) is 6.30. The molecule has 2 rings (SSSR count). The highest BCUT2D eigenvalue weighted by atomic mass is 32.1. The minimum atomic E-state index is -0.0629. The molecule has 0 unspecified atom stereocenters. The average Bonchev–Trinajstić information content (AvgIpc) is 2.81. The summed E-state index contributed by atoms with van der Waals surface area (Å²) >= 11 is 1.53. The quantitative estimate of drug-likeness (QED) is 0.842. The lowest BCUT2D eigenvalue weighted by atomic mass is 9.91. The molecule has 0 spiro atoms. The zero-order valence-corrected chi connectivity index (χ0v) is 12.4. The highest BCUT2D eigenvalue weighted by Gasteiger charge is 2.23. The van der Waals surface area contributed by atoms with E-state index in [1.807, 2.05) is 6.07 Å². The monoisotopic (exact) mass is 270 g/mol. The van der Waals surface area contributed by atoms with E-state index in [-0.39, 0.29) is 5.41 Å². The Morgan fingerprint density at radius 2 is 1.84 bits per heavy atom. The molecule has 0 saturated carbocycles. The van der Waals surface area contributed by atoms with E-state index in [9.17, 15) is 5.26 Å². The van der Waals surface area contributed by atoms with E-state index in [1.54, 1.807) is 0 Å². The van der Waals surface area contributed by atoms with Crippen molar-refractivity contribution in [3.63, 3.8) is 0 Å². The zero-order chi connectivity index (χ0) is 13.9. The van der Waals surface area contributed by atoms with Crippen LogP contribution in [0.3, 0.4) is 0 Å². The summed E-state index contributed by atoms with van der Waals surface area (Å²) in [7, 11) is 0. The maximum atomic E-state index is 9.20. The summed E-state index contributed by atoms with van der Waals surface area (Å²) in [4.78, 5) is 5.42. The largest absolute Gasteiger partial charge is 0.244 e. The predicted molar refractivity (Wildman–Crippen MR) is 79.4 cm³/mol. The lowest BCUT2D eigenvalue weighted by molar-refractivity contribution is 0.569. The Bertz CT molecular complexity index is 585. The van der Waals surface area contributed by atoms with Gasteiger partial charge in [0, 0.05) is 11.8 Å². The molecule has 0 N–H and O–H groups in total. The van der Waals surface area contributed by atoms with E-state index in [0.717, 1.165) is 28.4 Å². The fourth-order valence-corrected chi connectivity index (χ4v) is 3.02. The SMILES string of the molecule is CC(C)(C)c1nc(CCc2ccccc2)sc1C#N. The van der Waals surface area contributed by atoms with Gasteiger partial charge in [-0.2, -0.15) is 5.26 Å². The Morgan fingerprint density at radius 3 is 2.37 bits per heavy atom. The van der Waals surface area contributed by atoms with E-state index in [0.29, 0.717) is 0 Å². The van der Waals surface area contributed by atoms with E-state index in [4.69, 9.17) is 0 Å². The minimum Gasteiger partial charge on any atom is -0.244 e. The van der Waals surface area contributed by atoms with Crippen LogP contribution in [0.25, 0.3) is 0 Å². The van der Waals surface area contributed by atoms with Gasteiger partial charge in [0.05, 0.1) is 10.7 Å². The van der Waals surface area contributed by atoms with Gasteiger partial charge in [0.25, 0.3) is 0 Å². The molecule has 0 aliphatic rings. The highest BCUT2D eigenvalue weighted by Crippen LogP contribution is 2.29. The van der Waals surface area contributed by atoms with Gasteiger partial charge < -0.3 is 0 Å². The first-order valence-corrected chi connectivity index (χ1v) is 7.26. The Balaban J connectivity index is 2.15. The maximum absolute atomic E-state index is 9.20. The van der Waals surface area contributed by atoms with Crippen molar-refractivity contribution < 1.29 is 0 Å². The van der Waals surface area contributed by atoms with Crippen LogP contribution in [-0.2, 0) is 18.3 Å². The second kappa shape index (κ2) is 5.54. The van der Waals surface area contributed by atoms with Crippen molar-refractivity contribution in [2.24, 2.45) is 0 Å². The van der Waals surface area contributed by atoms with Crippen LogP contribution < -0.4 is 0 Å². The third-order valence-electron chi connectivity index (χ3n) is 2.95. The van der Waals surface area contributed by atoms with Crippen molar-refractivity contribution in [2.75, 3.05) is 0 Å². The van der Waals surface area contributed by atoms with Gasteiger partial charge in [0.15, 0.2) is 0 Å². The van der Waals surface area contributed by atoms with Crippen molar-refractivity contribution in [3.8, 4) is 6.07 Å². The van der Waals surface area contributed by atoms with Gasteiger partial charge >= 0.3 is 0 Å². The van der Waals surface area contributed by atoms with Crippen LogP contribution >= 0.6 is 11.3 Å². The first-order valence-electron chi connectivity index (χ1n) is 6.45. The number of hydrogen-bond donors (Lipinski definition) is 0. The van der Waals surface area contributed by atoms with Crippen molar-refractivity contribution in [3.05, 3.63) is 51.5 Å². The molecule has 0 bridgehead atoms. The van der Waals surface area contributed by atoms with Gasteiger partial charge in [0.2, 0.25) is 0 Å². The summed E-state index contributed by atoms with van der Waals surface area (Å²) in [5.74, 6) is 0. The summed E-state index contributed by atoms with van der Waals surface area (Å²) < 4.78 is 0. The number of rotatable bonds is 3. The molecule has 0 atom stereocenters. The predicted octanol–water partition coefficient (Wildman–Crippen LogP) is 4.10. The molecule has 0 aliphatic carbocycles.